The largest absolute Gasteiger partial charge is 0.478 e. The molecule has 4 nitrogen and oxygen atoms in total. The molecule has 0 aliphatic carbocycles. The van der Waals surface area contributed by atoms with Crippen LogP contribution in [0.1, 0.15) is 16.1 Å². The highest BCUT2D eigenvalue weighted by Gasteiger charge is 2.17. The van der Waals surface area contributed by atoms with Gasteiger partial charge in [0.15, 0.2) is 0 Å². The fraction of sp³-hybridized carbons (Fsp3) is 0.200. The number of hydrogen-bond acceptors (Lipinski definition) is 2. The minimum atomic E-state index is -0.924. The molecule has 0 radical (unpaired) electrons. The van der Waals surface area contributed by atoms with Gasteiger partial charge in [-0.05, 0) is 19.1 Å². The predicted molar refractivity (Wildman–Crippen MR) is 52.4 cm³/mol. The molecule has 2 aromatic rings. The first-order chi connectivity index (χ1) is 6.63. The SMILES string of the molecule is Cc1c(C(=O)O)c2ncccc2n1C. The van der Waals surface area contributed by atoms with Gasteiger partial charge in [0.2, 0.25) is 0 Å². The quantitative estimate of drug-likeness (QED) is 0.742. The van der Waals surface area contributed by atoms with Crippen molar-refractivity contribution in [1.82, 2.24) is 9.55 Å². The van der Waals surface area contributed by atoms with Crippen LogP contribution in [-0.4, -0.2) is 20.6 Å². The first-order valence-corrected chi connectivity index (χ1v) is 4.26. The number of aromatic nitrogens is 2. The number of hydrogen-bond donors (Lipinski definition) is 1. The molecule has 0 unspecified atom stereocenters. The fourth-order valence-corrected chi connectivity index (χ4v) is 1.64. The maximum atomic E-state index is 11.0. The molecule has 72 valence electrons. The number of carbonyl (C=O) groups is 1. The molecule has 0 bridgehead atoms. The second-order valence-electron chi connectivity index (χ2n) is 3.20. The molecule has 14 heavy (non-hydrogen) atoms. The fourth-order valence-electron chi connectivity index (χ4n) is 1.64. The van der Waals surface area contributed by atoms with Gasteiger partial charge < -0.3 is 9.67 Å². The van der Waals surface area contributed by atoms with Crippen LogP contribution >= 0.6 is 0 Å². The number of rotatable bonds is 1. The van der Waals surface area contributed by atoms with Crippen molar-refractivity contribution in [2.45, 2.75) is 6.92 Å². The van der Waals surface area contributed by atoms with Crippen LogP contribution in [0.5, 0.6) is 0 Å². The third-order valence-corrected chi connectivity index (χ3v) is 2.46. The Morgan fingerprint density at radius 3 is 2.93 bits per heavy atom. The normalized spacial score (nSPS) is 10.7. The van der Waals surface area contributed by atoms with Crippen LogP contribution in [0.15, 0.2) is 18.3 Å². The van der Waals surface area contributed by atoms with E-state index in [0.717, 1.165) is 11.2 Å². The molecule has 0 saturated carbocycles. The Labute approximate surface area is 80.8 Å². The van der Waals surface area contributed by atoms with Gasteiger partial charge in [0.25, 0.3) is 0 Å². The Morgan fingerprint density at radius 1 is 1.57 bits per heavy atom. The lowest BCUT2D eigenvalue weighted by molar-refractivity contribution is 0.0698. The van der Waals surface area contributed by atoms with Gasteiger partial charge in [0.05, 0.1) is 5.52 Å². The molecule has 1 N–H and O–H groups in total. The maximum Gasteiger partial charge on any atom is 0.339 e. The van der Waals surface area contributed by atoms with Gasteiger partial charge in [-0.3, -0.25) is 4.98 Å². The van der Waals surface area contributed by atoms with E-state index in [-0.39, 0.29) is 0 Å². The Kier molecular flexibility index (Phi) is 1.77. The molecular weight excluding hydrogens is 180 g/mol. The van der Waals surface area contributed by atoms with Crippen LogP contribution in [0.2, 0.25) is 0 Å². The van der Waals surface area contributed by atoms with Crippen LogP contribution < -0.4 is 0 Å². The minimum Gasteiger partial charge on any atom is -0.478 e. The van der Waals surface area contributed by atoms with E-state index in [1.54, 1.807) is 19.2 Å². The third kappa shape index (κ3) is 1.00. The standard InChI is InChI=1S/C10H10N2O2/c1-6-8(10(13)14)9-7(12(6)2)4-3-5-11-9/h3-5H,1-2H3,(H,13,14). The summed E-state index contributed by atoms with van der Waals surface area (Å²) >= 11 is 0. The summed E-state index contributed by atoms with van der Waals surface area (Å²) in [6, 6.07) is 3.66. The van der Waals surface area contributed by atoms with Crippen molar-refractivity contribution in [2.24, 2.45) is 7.05 Å². The number of fused-ring (bicyclic) bond motifs is 1. The highest BCUT2D eigenvalue weighted by molar-refractivity contribution is 6.03. The zero-order valence-electron chi connectivity index (χ0n) is 7.98. The van der Waals surface area contributed by atoms with Gasteiger partial charge in [-0.15, -0.1) is 0 Å². The number of pyridine rings is 1. The second kappa shape index (κ2) is 2.83. The summed E-state index contributed by atoms with van der Waals surface area (Å²) in [6.07, 6.45) is 1.61. The van der Waals surface area contributed by atoms with Gasteiger partial charge >= 0.3 is 5.97 Å². The number of aromatic carboxylic acids is 1. The van der Waals surface area contributed by atoms with E-state index in [0.29, 0.717) is 11.1 Å². The first-order valence-electron chi connectivity index (χ1n) is 4.26. The molecule has 0 spiro atoms. The molecule has 0 atom stereocenters. The Morgan fingerprint density at radius 2 is 2.29 bits per heavy atom. The van der Waals surface area contributed by atoms with Crippen molar-refractivity contribution < 1.29 is 9.90 Å². The van der Waals surface area contributed by atoms with E-state index in [1.807, 2.05) is 17.7 Å². The van der Waals surface area contributed by atoms with E-state index in [1.165, 1.54) is 0 Å². The first kappa shape index (κ1) is 8.74. The van der Waals surface area contributed by atoms with E-state index in [4.69, 9.17) is 5.11 Å². The number of carboxylic acids is 1. The van der Waals surface area contributed by atoms with Crippen LogP contribution in [0.3, 0.4) is 0 Å². The molecule has 0 aliphatic heterocycles. The molecule has 0 saturated heterocycles. The van der Waals surface area contributed by atoms with Crippen LogP contribution in [0.25, 0.3) is 11.0 Å². The summed E-state index contributed by atoms with van der Waals surface area (Å²) in [5.74, 6) is -0.924. The Balaban J connectivity index is 2.95. The molecule has 2 aromatic heterocycles. The molecule has 0 fully saturated rings. The van der Waals surface area contributed by atoms with Gasteiger partial charge in [-0.2, -0.15) is 0 Å². The Bertz CT molecular complexity index is 514. The average Bonchev–Trinajstić information content (AvgIpc) is 2.41. The summed E-state index contributed by atoms with van der Waals surface area (Å²) in [7, 11) is 1.84. The van der Waals surface area contributed by atoms with Crippen LogP contribution in [0, 0.1) is 6.92 Å². The Hall–Kier alpha value is -1.84. The molecular formula is C10H10N2O2. The smallest absolute Gasteiger partial charge is 0.339 e. The molecule has 2 heterocycles. The van der Waals surface area contributed by atoms with Gasteiger partial charge in [0, 0.05) is 18.9 Å². The van der Waals surface area contributed by atoms with E-state index in [9.17, 15) is 4.79 Å². The summed E-state index contributed by atoms with van der Waals surface area (Å²) in [5.41, 5.74) is 2.43. The van der Waals surface area contributed by atoms with Crippen molar-refractivity contribution in [3.05, 3.63) is 29.6 Å². The zero-order valence-corrected chi connectivity index (χ0v) is 7.98. The predicted octanol–water partition coefficient (Wildman–Crippen LogP) is 1.58. The molecule has 2 rings (SSSR count). The van der Waals surface area contributed by atoms with Crippen LogP contribution in [0.4, 0.5) is 0 Å². The molecule has 4 heteroatoms. The lowest BCUT2D eigenvalue weighted by atomic mass is 10.2. The minimum absolute atomic E-state index is 0.295. The number of nitrogens with zero attached hydrogens (tertiary/aromatic N) is 2. The molecule has 0 aliphatic rings. The van der Waals surface area contributed by atoms with Crippen molar-refractivity contribution in [3.8, 4) is 0 Å². The highest BCUT2D eigenvalue weighted by atomic mass is 16.4. The summed E-state index contributed by atoms with van der Waals surface area (Å²) in [5, 5.41) is 9.02. The number of carboxylic acid groups (broad SMARTS) is 1. The zero-order chi connectivity index (χ0) is 10.3. The van der Waals surface area contributed by atoms with Crippen molar-refractivity contribution in [3.63, 3.8) is 0 Å². The summed E-state index contributed by atoms with van der Waals surface area (Å²) < 4.78 is 1.84. The van der Waals surface area contributed by atoms with E-state index < -0.39 is 5.97 Å². The molecule has 0 aromatic carbocycles. The van der Waals surface area contributed by atoms with Crippen LogP contribution in [-0.2, 0) is 7.05 Å². The van der Waals surface area contributed by atoms with Crippen molar-refractivity contribution in [1.29, 1.82) is 0 Å². The molecule has 0 amide bonds. The van der Waals surface area contributed by atoms with Gasteiger partial charge in [0.1, 0.15) is 11.1 Å². The summed E-state index contributed by atoms with van der Waals surface area (Å²) in [6.45, 7) is 1.78. The van der Waals surface area contributed by atoms with Gasteiger partial charge in [-0.25, -0.2) is 4.79 Å². The maximum absolute atomic E-state index is 11.0. The third-order valence-electron chi connectivity index (χ3n) is 2.46. The van der Waals surface area contributed by atoms with E-state index >= 15 is 0 Å². The summed E-state index contributed by atoms with van der Waals surface area (Å²) in [4.78, 5) is 15.1. The van der Waals surface area contributed by atoms with Crippen molar-refractivity contribution >= 4 is 17.0 Å². The van der Waals surface area contributed by atoms with E-state index in [2.05, 4.69) is 4.98 Å². The average molecular weight is 190 g/mol. The lowest BCUT2D eigenvalue weighted by Gasteiger charge is -1.96. The highest BCUT2D eigenvalue weighted by Crippen LogP contribution is 2.22. The van der Waals surface area contributed by atoms with Crippen molar-refractivity contribution in [2.75, 3.05) is 0 Å². The monoisotopic (exact) mass is 190 g/mol. The topological polar surface area (TPSA) is 55.1 Å². The lowest BCUT2D eigenvalue weighted by Crippen LogP contribution is -1.99. The van der Waals surface area contributed by atoms with Gasteiger partial charge in [-0.1, -0.05) is 0 Å². The number of aryl methyl sites for hydroxylation is 1. The second-order valence-corrected chi connectivity index (χ2v) is 3.20.